The quantitative estimate of drug-likeness (QED) is 0.789. The number of anilines is 1. The molecule has 20 heavy (non-hydrogen) atoms. The van der Waals surface area contributed by atoms with Gasteiger partial charge in [-0.2, -0.15) is 5.10 Å². The smallest absolute Gasteiger partial charge is 0.121 e. The van der Waals surface area contributed by atoms with Gasteiger partial charge in [0.2, 0.25) is 0 Å². The van der Waals surface area contributed by atoms with E-state index in [0.717, 1.165) is 17.0 Å². The number of hydrogen-bond donors (Lipinski definition) is 1. The zero-order valence-corrected chi connectivity index (χ0v) is 12.2. The molecular weight excluding hydrogens is 254 g/mol. The molecule has 1 aromatic carbocycles. The summed E-state index contributed by atoms with van der Waals surface area (Å²) in [6, 6.07) is 8.12. The Morgan fingerprint density at radius 3 is 2.90 bits per heavy atom. The molecule has 0 radical (unpaired) electrons. The fourth-order valence-corrected chi connectivity index (χ4v) is 1.92. The first-order valence-electron chi connectivity index (χ1n) is 6.66. The predicted molar refractivity (Wildman–Crippen MR) is 79.1 cm³/mol. The van der Waals surface area contributed by atoms with Crippen molar-refractivity contribution in [1.29, 1.82) is 0 Å². The molecule has 1 heterocycles. The van der Waals surface area contributed by atoms with Crippen molar-refractivity contribution in [2.45, 2.75) is 13.0 Å². The highest BCUT2D eigenvalue weighted by Gasteiger charge is 2.07. The van der Waals surface area contributed by atoms with Crippen molar-refractivity contribution < 1.29 is 9.47 Å². The lowest BCUT2D eigenvalue weighted by molar-refractivity contribution is 0.146. The van der Waals surface area contributed by atoms with Crippen LogP contribution >= 0.6 is 0 Å². The molecule has 1 N–H and O–H groups in total. The lowest BCUT2D eigenvalue weighted by atomic mass is 10.2. The summed E-state index contributed by atoms with van der Waals surface area (Å²) in [5.74, 6) is 0.838. The third kappa shape index (κ3) is 3.99. The summed E-state index contributed by atoms with van der Waals surface area (Å²) in [6.45, 7) is 3.25. The minimum atomic E-state index is 0.193. The van der Waals surface area contributed by atoms with Crippen LogP contribution in [-0.4, -0.2) is 30.1 Å². The van der Waals surface area contributed by atoms with Gasteiger partial charge in [-0.05, 0) is 19.1 Å². The summed E-state index contributed by atoms with van der Waals surface area (Å²) < 4.78 is 12.4. The van der Waals surface area contributed by atoms with Gasteiger partial charge in [-0.15, -0.1) is 0 Å². The number of rotatable bonds is 7. The van der Waals surface area contributed by atoms with Gasteiger partial charge < -0.3 is 14.8 Å². The topological polar surface area (TPSA) is 48.3 Å². The third-order valence-electron chi connectivity index (χ3n) is 3.00. The maximum absolute atomic E-state index is 5.60. The molecule has 5 heteroatoms. The average molecular weight is 275 g/mol. The number of aryl methyl sites for hydroxylation is 1. The number of methoxy groups -OCH3 is 1. The van der Waals surface area contributed by atoms with Gasteiger partial charge >= 0.3 is 0 Å². The molecule has 108 valence electrons. The van der Waals surface area contributed by atoms with E-state index in [0.29, 0.717) is 13.2 Å². The molecule has 1 atom stereocenters. The molecule has 1 unspecified atom stereocenters. The van der Waals surface area contributed by atoms with E-state index < -0.39 is 0 Å². The first-order valence-corrected chi connectivity index (χ1v) is 6.66. The van der Waals surface area contributed by atoms with Gasteiger partial charge in [0.25, 0.3) is 0 Å². The number of ether oxygens (including phenoxy) is 2. The molecule has 0 saturated heterocycles. The largest absolute Gasteiger partial charge is 0.491 e. The molecule has 0 aliphatic heterocycles. The zero-order chi connectivity index (χ0) is 14.4. The molecule has 0 spiro atoms. The van der Waals surface area contributed by atoms with Crippen molar-refractivity contribution in [2.24, 2.45) is 7.05 Å². The Morgan fingerprint density at radius 1 is 1.35 bits per heavy atom. The fourth-order valence-electron chi connectivity index (χ4n) is 1.92. The summed E-state index contributed by atoms with van der Waals surface area (Å²) in [4.78, 5) is 0. The van der Waals surface area contributed by atoms with Crippen LogP contribution in [0.15, 0.2) is 36.7 Å². The van der Waals surface area contributed by atoms with E-state index in [-0.39, 0.29) is 6.04 Å². The molecule has 2 rings (SSSR count). The molecule has 2 aromatic rings. The minimum absolute atomic E-state index is 0.193. The van der Waals surface area contributed by atoms with Crippen LogP contribution in [0.2, 0.25) is 0 Å². The standard InChI is InChI=1S/C15H21N3O2/c1-12(13-10-16-18(2)11-13)17-14-5-4-6-15(9-14)20-8-7-19-3/h4-6,9-12,17H,7-8H2,1-3H3. The van der Waals surface area contributed by atoms with Crippen molar-refractivity contribution in [3.63, 3.8) is 0 Å². The molecule has 0 fully saturated rings. The Balaban J connectivity index is 1.96. The summed E-state index contributed by atoms with van der Waals surface area (Å²) in [6.07, 6.45) is 3.88. The van der Waals surface area contributed by atoms with Crippen molar-refractivity contribution in [2.75, 3.05) is 25.6 Å². The van der Waals surface area contributed by atoms with E-state index in [2.05, 4.69) is 17.3 Å². The Bertz CT molecular complexity index is 539. The molecule has 0 aliphatic carbocycles. The van der Waals surface area contributed by atoms with Gasteiger partial charge in [-0.3, -0.25) is 4.68 Å². The first kappa shape index (κ1) is 14.4. The summed E-state index contributed by atoms with van der Waals surface area (Å²) in [5, 5.41) is 7.62. The van der Waals surface area contributed by atoms with Crippen LogP contribution in [0, 0.1) is 0 Å². The highest BCUT2D eigenvalue weighted by atomic mass is 16.5. The average Bonchev–Trinajstić information content (AvgIpc) is 2.86. The molecular formula is C15H21N3O2. The molecule has 0 amide bonds. The summed E-state index contributed by atoms with van der Waals surface area (Å²) >= 11 is 0. The van der Waals surface area contributed by atoms with Gasteiger partial charge in [-0.25, -0.2) is 0 Å². The fraction of sp³-hybridized carbons (Fsp3) is 0.400. The number of benzene rings is 1. The SMILES string of the molecule is COCCOc1cccc(NC(C)c2cnn(C)c2)c1. The second kappa shape index (κ2) is 6.96. The molecule has 1 aromatic heterocycles. The van der Waals surface area contributed by atoms with Crippen LogP contribution in [0.25, 0.3) is 0 Å². The van der Waals surface area contributed by atoms with E-state index in [1.807, 2.05) is 43.7 Å². The highest BCUT2D eigenvalue weighted by molar-refractivity contribution is 5.49. The van der Waals surface area contributed by atoms with Crippen LogP contribution < -0.4 is 10.1 Å². The maximum Gasteiger partial charge on any atom is 0.121 e. The number of aromatic nitrogens is 2. The first-order chi connectivity index (χ1) is 9.69. The normalized spacial score (nSPS) is 12.2. The van der Waals surface area contributed by atoms with Crippen molar-refractivity contribution in [1.82, 2.24) is 9.78 Å². The Kier molecular flexibility index (Phi) is 5.01. The van der Waals surface area contributed by atoms with Crippen LogP contribution in [0.3, 0.4) is 0 Å². The lowest BCUT2D eigenvalue weighted by Crippen LogP contribution is -2.07. The van der Waals surface area contributed by atoms with Gasteiger partial charge in [0.1, 0.15) is 12.4 Å². The van der Waals surface area contributed by atoms with Crippen LogP contribution in [0.4, 0.5) is 5.69 Å². The Morgan fingerprint density at radius 2 is 2.20 bits per heavy atom. The van der Waals surface area contributed by atoms with Crippen LogP contribution in [0.1, 0.15) is 18.5 Å². The van der Waals surface area contributed by atoms with Crippen molar-refractivity contribution >= 4 is 5.69 Å². The van der Waals surface area contributed by atoms with E-state index in [1.165, 1.54) is 0 Å². The van der Waals surface area contributed by atoms with E-state index in [1.54, 1.807) is 11.8 Å². The Labute approximate surface area is 119 Å². The molecule has 5 nitrogen and oxygen atoms in total. The van der Waals surface area contributed by atoms with E-state index in [4.69, 9.17) is 9.47 Å². The zero-order valence-electron chi connectivity index (χ0n) is 12.2. The number of nitrogens with zero attached hydrogens (tertiary/aromatic N) is 2. The predicted octanol–water partition coefficient (Wildman–Crippen LogP) is 2.62. The van der Waals surface area contributed by atoms with Gasteiger partial charge in [0.15, 0.2) is 0 Å². The summed E-state index contributed by atoms with van der Waals surface area (Å²) in [5.41, 5.74) is 2.18. The second-order valence-corrected chi connectivity index (χ2v) is 4.68. The molecule has 0 aliphatic rings. The van der Waals surface area contributed by atoms with Crippen molar-refractivity contribution in [3.8, 4) is 5.75 Å². The number of hydrogen-bond acceptors (Lipinski definition) is 4. The highest BCUT2D eigenvalue weighted by Crippen LogP contribution is 2.22. The molecule has 0 saturated carbocycles. The van der Waals surface area contributed by atoms with Crippen LogP contribution in [0.5, 0.6) is 5.75 Å². The molecule has 0 bridgehead atoms. The van der Waals surface area contributed by atoms with E-state index >= 15 is 0 Å². The third-order valence-corrected chi connectivity index (χ3v) is 3.00. The minimum Gasteiger partial charge on any atom is -0.491 e. The summed E-state index contributed by atoms with van der Waals surface area (Å²) in [7, 11) is 3.58. The van der Waals surface area contributed by atoms with E-state index in [9.17, 15) is 0 Å². The van der Waals surface area contributed by atoms with Gasteiger partial charge in [0.05, 0.1) is 18.8 Å². The second-order valence-electron chi connectivity index (χ2n) is 4.68. The van der Waals surface area contributed by atoms with Gasteiger partial charge in [-0.1, -0.05) is 6.07 Å². The van der Waals surface area contributed by atoms with Crippen molar-refractivity contribution in [3.05, 3.63) is 42.2 Å². The number of nitrogens with one attached hydrogen (secondary N) is 1. The Hall–Kier alpha value is -2.01. The lowest BCUT2D eigenvalue weighted by Gasteiger charge is -2.14. The monoisotopic (exact) mass is 275 g/mol. The van der Waals surface area contributed by atoms with Gasteiger partial charge in [0, 0.05) is 37.7 Å². The maximum atomic E-state index is 5.60. The van der Waals surface area contributed by atoms with Crippen LogP contribution in [-0.2, 0) is 11.8 Å².